The highest BCUT2D eigenvalue weighted by Crippen LogP contribution is 2.16. The van der Waals surface area contributed by atoms with Crippen LogP contribution in [0, 0.1) is 0 Å². The number of carbonyl (C=O) groups excluding carboxylic acids is 1. The molecule has 148 valence electrons. The second-order valence-corrected chi connectivity index (χ2v) is 10.0. The summed E-state index contributed by atoms with van der Waals surface area (Å²) in [6.45, 7) is 7.26. The molecule has 0 spiro atoms. The van der Waals surface area contributed by atoms with Crippen molar-refractivity contribution in [2.24, 2.45) is 0 Å². The van der Waals surface area contributed by atoms with Crippen LogP contribution in [0.1, 0.15) is 42.9 Å². The van der Waals surface area contributed by atoms with E-state index in [4.69, 9.17) is 0 Å². The van der Waals surface area contributed by atoms with Crippen molar-refractivity contribution in [3.8, 4) is 0 Å². The molecule has 0 atom stereocenters. The van der Waals surface area contributed by atoms with Gasteiger partial charge in [0.2, 0.25) is 15.9 Å². The van der Waals surface area contributed by atoms with E-state index in [2.05, 4.69) is 31.3 Å². The van der Waals surface area contributed by atoms with E-state index in [1.54, 1.807) is 15.6 Å². The minimum Gasteiger partial charge on any atom is -0.350 e. The predicted molar refractivity (Wildman–Crippen MR) is 107 cm³/mol. The van der Waals surface area contributed by atoms with Crippen LogP contribution in [-0.2, 0) is 27.8 Å². The topological polar surface area (TPSA) is 69.7 Å². The van der Waals surface area contributed by atoms with Gasteiger partial charge in [-0.1, -0.05) is 26.7 Å². The minimum absolute atomic E-state index is 0.00398. The van der Waals surface area contributed by atoms with E-state index < -0.39 is 10.0 Å². The molecule has 1 aromatic rings. The van der Waals surface area contributed by atoms with Crippen LogP contribution in [0.5, 0.6) is 0 Å². The van der Waals surface area contributed by atoms with Crippen LogP contribution in [0.3, 0.4) is 0 Å². The van der Waals surface area contributed by atoms with Crippen LogP contribution in [0.15, 0.2) is 12.1 Å². The molecule has 2 heterocycles. The molecule has 1 fully saturated rings. The van der Waals surface area contributed by atoms with E-state index in [0.717, 1.165) is 30.6 Å². The average Bonchev–Trinajstić information content (AvgIpc) is 3.09. The normalized spacial score (nSPS) is 16.7. The summed E-state index contributed by atoms with van der Waals surface area (Å²) in [4.78, 5) is 16.7. The number of piperazine rings is 1. The molecule has 8 heteroatoms. The Kier molecular flexibility index (Phi) is 8.53. The van der Waals surface area contributed by atoms with Gasteiger partial charge in [0.1, 0.15) is 0 Å². The first kappa shape index (κ1) is 21.3. The van der Waals surface area contributed by atoms with Gasteiger partial charge < -0.3 is 5.32 Å². The monoisotopic (exact) mass is 401 g/mol. The molecule has 1 aliphatic rings. The van der Waals surface area contributed by atoms with E-state index in [0.29, 0.717) is 39.3 Å². The predicted octanol–water partition coefficient (Wildman–Crippen LogP) is 2.06. The Morgan fingerprint density at radius 1 is 1.12 bits per heavy atom. The van der Waals surface area contributed by atoms with Gasteiger partial charge in [-0.05, 0) is 25.0 Å². The average molecular weight is 402 g/mol. The summed E-state index contributed by atoms with van der Waals surface area (Å²) < 4.78 is 26.2. The zero-order valence-corrected chi connectivity index (χ0v) is 17.5. The molecule has 0 radical (unpaired) electrons. The summed E-state index contributed by atoms with van der Waals surface area (Å²) in [6, 6.07) is 4.16. The van der Waals surface area contributed by atoms with Gasteiger partial charge in [-0.2, -0.15) is 4.31 Å². The number of nitrogens with one attached hydrogen (secondary N) is 1. The lowest BCUT2D eigenvalue weighted by molar-refractivity contribution is -0.122. The lowest BCUT2D eigenvalue weighted by atomic mass is 10.3. The second kappa shape index (κ2) is 10.4. The molecular formula is C18H31N3O3S2. The molecule has 0 saturated carbocycles. The summed E-state index contributed by atoms with van der Waals surface area (Å²) in [5.74, 6) is 0.234. The summed E-state index contributed by atoms with van der Waals surface area (Å²) in [5.41, 5.74) is 0. The van der Waals surface area contributed by atoms with Gasteiger partial charge in [0, 0.05) is 35.9 Å². The third-order valence-corrected chi connectivity index (χ3v) is 7.81. The number of hydrogen-bond donors (Lipinski definition) is 1. The molecule has 6 nitrogen and oxygen atoms in total. The summed E-state index contributed by atoms with van der Waals surface area (Å²) in [7, 11) is -3.15. The summed E-state index contributed by atoms with van der Waals surface area (Å²) >= 11 is 1.73. The Hall–Kier alpha value is -0.960. The van der Waals surface area contributed by atoms with Crippen LogP contribution in [-0.4, -0.2) is 62.0 Å². The van der Waals surface area contributed by atoms with E-state index >= 15 is 0 Å². The van der Waals surface area contributed by atoms with E-state index in [1.165, 1.54) is 4.88 Å². The third kappa shape index (κ3) is 6.64. The molecule has 1 amide bonds. The molecule has 26 heavy (non-hydrogen) atoms. The fraction of sp³-hybridized carbons (Fsp3) is 0.722. The number of rotatable bonds is 10. The highest BCUT2D eigenvalue weighted by atomic mass is 32.2. The number of unbranched alkanes of at least 4 members (excludes halogenated alkanes) is 2. The number of carbonyl (C=O) groups is 1. The molecule has 1 aliphatic heterocycles. The zero-order valence-electron chi connectivity index (χ0n) is 15.9. The van der Waals surface area contributed by atoms with E-state index in [-0.39, 0.29) is 11.7 Å². The second-order valence-electron chi connectivity index (χ2n) is 6.70. The Morgan fingerprint density at radius 3 is 2.42 bits per heavy atom. The van der Waals surface area contributed by atoms with Gasteiger partial charge in [-0.3, -0.25) is 9.69 Å². The van der Waals surface area contributed by atoms with Crippen LogP contribution < -0.4 is 5.32 Å². The first-order valence-corrected chi connectivity index (χ1v) is 11.9. The largest absolute Gasteiger partial charge is 0.350 e. The Labute approximate surface area is 161 Å². The number of thiophene rings is 1. The number of sulfonamides is 1. The lowest BCUT2D eigenvalue weighted by Gasteiger charge is -2.33. The van der Waals surface area contributed by atoms with Crippen molar-refractivity contribution in [2.45, 2.75) is 46.1 Å². The number of nitrogens with zero attached hydrogens (tertiary/aromatic N) is 2. The van der Waals surface area contributed by atoms with Gasteiger partial charge in [-0.25, -0.2) is 8.42 Å². The smallest absolute Gasteiger partial charge is 0.234 e. The molecule has 0 aliphatic carbocycles. The molecule has 1 saturated heterocycles. The third-order valence-electron chi connectivity index (χ3n) is 4.62. The molecule has 2 rings (SSSR count). The minimum atomic E-state index is -3.15. The molecule has 0 bridgehead atoms. The van der Waals surface area contributed by atoms with Crippen molar-refractivity contribution in [2.75, 3.05) is 38.5 Å². The van der Waals surface area contributed by atoms with Crippen LogP contribution in [0.4, 0.5) is 0 Å². The van der Waals surface area contributed by atoms with Crippen molar-refractivity contribution in [1.82, 2.24) is 14.5 Å². The quantitative estimate of drug-likeness (QED) is 0.609. The first-order valence-electron chi connectivity index (χ1n) is 9.49. The molecule has 0 unspecified atom stereocenters. The maximum Gasteiger partial charge on any atom is 0.234 e. The Morgan fingerprint density at radius 2 is 1.81 bits per heavy atom. The van der Waals surface area contributed by atoms with Gasteiger partial charge in [0.25, 0.3) is 0 Å². The number of amides is 1. The van der Waals surface area contributed by atoms with Gasteiger partial charge in [-0.15, -0.1) is 11.3 Å². The maximum absolute atomic E-state index is 12.3. The standard InChI is InChI=1S/C18H31N3O3S2/c1-3-5-6-13-26(23,24)21-11-9-20(10-12-21)15-18(22)19-14-17-8-7-16(4-2)25-17/h7-8H,3-6,9-15H2,1-2H3,(H,19,22). The summed E-state index contributed by atoms with van der Waals surface area (Å²) in [5, 5.41) is 2.96. The van der Waals surface area contributed by atoms with Crippen LogP contribution in [0.2, 0.25) is 0 Å². The fourth-order valence-corrected chi connectivity index (χ4v) is 5.43. The van der Waals surface area contributed by atoms with Crippen molar-refractivity contribution in [3.05, 3.63) is 21.9 Å². The molecule has 1 N–H and O–H groups in total. The van der Waals surface area contributed by atoms with Crippen molar-refractivity contribution < 1.29 is 13.2 Å². The van der Waals surface area contributed by atoms with Gasteiger partial charge >= 0.3 is 0 Å². The van der Waals surface area contributed by atoms with Crippen LogP contribution >= 0.6 is 11.3 Å². The fourth-order valence-electron chi connectivity index (χ4n) is 2.98. The number of hydrogen-bond acceptors (Lipinski definition) is 5. The van der Waals surface area contributed by atoms with E-state index in [9.17, 15) is 13.2 Å². The first-order chi connectivity index (χ1) is 12.4. The van der Waals surface area contributed by atoms with Crippen LogP contribution in [0.25, 0.3) is 0 Å². The van der Waals surface area contributed by atoms with Gasteiger partial charge in [0.05, 0.1) is 18.8 Å². The zero-order chi connectivity index (χ0) is 19.0. The SMILES string of the molecule is CCCCCS(=O)(=O)N1CCN(CC(=O)NCc2ccc(CC)s2)CC1. The Bertz CT molecular complexity index is 665. The highest BCUT2D eigenvalue weighted by Gasteiger charge is 2.27. The summed E-state index contributed by atoms with van der Waals surface area (Å²) in [6.07, 6.45) is 3.71. The van der Waals surface area contributed by atoms with Crippen molar-refractivity contribution in [3.63, 3.8) is 0 Å². The lowest BCUT2D eigenvalue weighted by Crippen LogP contribution is -2.51. The number of aryl methyl sites for hydroxylation is 1. The van der Waals surface area contributed by atoms with Gasteiger partial charge in [0.15, 0.2) is 0 Å². The Balaban J connectivity index is 1.69. The molecular weight excluding hydrogens is 370 g/mol. The molecule has 1 aromatic heterocycles. The van der Waals surface area contributed by atoms with Crippen molar-refractivity contribution >= 4 is 27.3 Å². The van der Waals surface area contributed by atoms with E-state index in [1.807, 2.05) is 4.90 Å². The molecule has 0 aromatic carbocycles. The highest BCUT2D eigenvalue weighted by molar-refractivity contribution is 7.89. The van der Waals surface area contributed by atoms with Crippen molar-refractivity contribution in [1.29, 1.82) is 0 Å². The maximum atomic E-state index is 12.3.